The summed E-state index contributed by atoms with van der Waals surface area (Å²) in [7, 11) is 0. The number of aromatic nitrogens is 3. The van der Waals surface area contributed by atoms with Gasteiger partial charge in [-0.2, -0.15) is 5.10 Å². The van der Waals surface area contributed by atoms with Crippen molar-refractivity contribution in [1.29, 1.82) is 0 Å². The van der Waals surface area contributed by atoms with Crippen LogP contribution in [0.2, 0.25) is 0 Å². The van der Waals surface area contributed by atoms with E-state index in [9.17, 15) is 4.79 Å². The molecule has 0 spiro atoms. The predicted octanol–water partition coefficient (Wildman–Crippen LogP) is 2.35. The van der Waals surface area contributed by atoms with Gasteiger partial charge < -0.3 is 11.1 Å². The molecule has 1 unspecified atom stereocenters. The van der Waals surface area contributed by atoms with Crippen molar-refractivity contribution in [2.45, 2.75) is 45.1 Å². The molecule has 0 bridgehead atoms. The van der Waals surface area contributed by atoms with Crippen molar-refractivity contribution < 1.29 is 4.79 Å². The van der Waals surface area contributed by atoms with Gasteiger partial charge in [0.2, 0.25) is 5.91 Å². The van der Waals surface area contributed by atoms with Crippen molar-refractivity contribution in [3.8, 4) is 5.69 Å². The maximum Gasteiger partial charge on any atom is 0.220 e. The van der Waals surface area contributed by atoms with Crippen LogP contribution in [0.5, 0.6) is 0 Å². The van der Waals surface area contributed by atoms with Crippen molar-refractivity contribution in [1.82, 2.24) is 20.1 Å². The van der Waals surface area contributed by atoms with E-state index in [0.717, 1.165) is 43.5 Å². The average Bonchev–Trinajstić information content (AvgIpc) is 3.09. The molecule has 6 nitrogen and oxygen atoms in total. The van der Waals surface area contributed by atoms with Crippen LogP contribution in [0, 0.1) is 0 Å². The van der Waals surface area contributed by atoms with E-state index in [1.54, 1.807) is 11.0 Å². The number of hydrogen-bond acceptors (Lipinski definition) is 4. The van der Waals surface area contributed by atoms with Gasteiger partial charge in [0, 0.05) is 6.42 Å². The lowest BCUT2D eigenvalue weighted by atomic mass is 10.1. The molecule has 23 heavy (non-hydrogen) atoms. The van der Waals surface area contributed by atoms with Gasteiger partial charge in [0.05, 0.1) is 11.7 Å². The number of nitrogens with zero attached hydrogens (tertiary/aromatic N) is 3. The second-order valence-electron chi connectivity index (χ2n) is 5.67. The van der Waals surface area contributed by atoms with Crippen LogP contribution in [0.15, 0.2) is 36.9 Å². The number of carbonyl (C=O) groups excluding carboxylic acids is 1. The second kappa shape index (κ2) is 9.05. The summed E-state index contributed by atoms with van der Waals surface area (Å²) in [6, 6.07) is 7.95. The molecule has 1 aromatic heterocycles. The number of nitrogens with one attached hydrogen (secondary N) is 1. The van der Waals surface area contributed by atoms with Gasteiger partial charge in [-0.25, -0.2) is 9.67 Å². The zero-order chi connectivity index (χ0) is 16.5. The molecule has 1 amide bonds. The standard InChI is InChI=1S/C17H25N5O/c1-14(21-17(23)6-4-2-3-5-11-18)15-7-9-16(10-8-15)22-13-19-12-20-22/h7-10,12-14H,2-6,11,18H2,1H3,(H,21,23). The molecule has 1 heterocycles. The third-order valence-electron chi connectivity index (χ3n) is 3.81. The summed E-state index contributed by atoms with van der Waals surface area (Å²) < 4.78 is 1.70. The zero-order valence-corrected chi connectivity index (χ0v) is 13.6. The first-order chi connectivity index (χ1) is 11.2. The lowest BCUT2D eigenvalue weighted by Gasteiger charge is -2.15. The fourth-order valence-electron chi connectivity index (χ4n) is 2.44. The van der Waals surface area contributed by atoms with Gasteiger partial charge in [-0.15, -0.1) is 0 Å². The first-order valence-electron chi connectivity index (χ1n) is 8.15. The van der Waals surface area contributed by atoms with E-state index >= 15 is 0 Å². The maximum absolute atomic E-state index is 12.0. The summed E-state index contributed by atoms with van der Waals surface area (Å²) in [6.45, 7) is 2.73. The lowest BCUT2D eigenvalue weighted by Crippen LogP contribution is -2.26. The van der Waals surface area contributed by atoms with Gasteiger partial charge in [0.15, 0.2) is 0 Å². The highest BCUT2D eigenvalue weighted by Gasteiger charge is 2.09. The fraction of sp³-hybridized carbons (Fsp3) is 0.471. The highest BCUT2D eigenvalue weighted by molar-refractivity contribution is 5.76. The number of nitrogens with two attached hydrogens (primary N) is 1. The number of amides is 1. The van der Waals surface area contributed by atoms with E-state index in [-0.39, 0.29) is 11.9 Å². The molecule has 0 radical (unpaired) electrons. The summed E-state index contributed by atoms with van der Waals surface area (Å²) in [6.07, 6.45) is 7.86. The number of hydrogen-bond donors (Lipinski definition) is 2. The molecular formula is C17H25N5O. The molecule has 124 valence electrons. The minimum Gasteiger partial charge on any atom is -0.350 e. The fourth-order valence-corrected chi connectivity index (χ4v) is 2.44. The Bertz CT molecular complexity index is 580. The van der Waals surface area contributed by atoms with Gasteiger partial charge >= 0.3 is 0 Å². The van der Waals surface area contributed by atoms with Crippen LogP contribution in [0.25, 0.3) is 5.69 Å². The topological polar surface area (TPSA) is 85.8 Å². The summed E-state index contributed by atoms with van der Waals surface area (Å²) in [5.41, 5.74) is 7.48. The molecule has 6 heteroatoms. The quantitative estimate of drug-likeness (QED) is 0.696. The van der Waals surface area contributed by atoms with Gasteiger partial charge in [-0.3, -0.25) is 4.79 Å². The summed E-state index contributed by atoms with van der Waals surface area (Å²) in [4.78, 5) is 15.9. The van der Waals surface area contributed by atoms with Crippen LogP contribution in [-0.2, 0) is 4.79 Å². The molecule has 3 N–H and O–H groups in total. The zero-order valence-electron chi connectivity index (χ0n) is 13.6. The molecule has 0 aliphatic rings. The van der Waals surface area contributed by atoms with Crippen LogP contribution in [0.4, 0.5) is 0 Å². The molecule has 0 saturated heterocycles. The summed E-state index contributed by atoms with van der Waals surface area (Å²) in [5.74, 6) is 0.102. The Hall–Kier alpha value is -2.21. The van der Waals surface area contributed by atoms with E-state index in [4.69, 9.17) is 5.73 Å². The molecular weight excluding hydrogens is 290 g/mol. The van der Waals surface area contributed by atoms with Crippen molar-refractivity contribution in [3.05, 3.63) is 42.5 Å². The highest BCUT2D eigenvalue weighted by Crippen LogP contribution is 2.15. The van der Waals surface area contributed by atoms with Crippen molar-refractivity contribution in [2.75, 3.05) is 6.54 Å². The van der Waals surface area contributed by atoms with Crippen LogP contribution in [0.3, 0.4) is 0 Å². The van der Waals surface area contributed by atoms with E-state index in [2.05, 4.69) is 15.4 Å². The Balaban J connectivity index is 1.78. The predicted molar refractivity (Wildman–Crippen MR) is 90.1 cm³/mol. The summed E-state index contributed by atoms with van der Waals surface area (Å²) >= 11 is 0. The summed E-state index contributed by atoms with van der Waals surface area (Å²) in [5, 5.41) is 7.14. The van der Waals surface area contributed by atoms with Crippen LogP contribution in [0.1, 0.15) is 50.6 Å². The number of rotatable bonds is 9. The first-order valence-corrected chi connectivity index (χ1v) is 8.15. The molecule has 2 rings (SSSR count). The molecule has 2 aromatic rings. The van der Waals surface area contributed by atoms with Gasteiger partial charge in [-0.1, -0.05) is 25.0 Å². The number of unbranched alkanes of at least 4 members (excludes halogenated alkanes) is 3. The van der Waals surface area contributed by atoms with Crippen LogP contribution in [-0.4, -0.2) is 27.2 Å². The third kappa shape index (κ3) is 5.49. The Morgan fingerprint density at radius 3 is 2.61 bits per heavy atom. The molecule has 0 fully saturated rings. The minimum absolute atomic E-state index is 0.00339. The van der Waals surface area contributed by atoms with Crippen molar-refractivity contribution in [3.63, 3.8) is 0 Å². The van der Waals surface area contributed by atoms with E-state index in [1.165, 1.54) is 6.33 Å². The van der Waals surface area contributed by atoms with E-state index in [1.807, 2.05) is 31.2 Å². The van der Waals surface area contributed by atoms with E-state index in [0.29, 0.717) is 6.42 Å². The Labute approximate surface area is 137 Å². The Morgan fingerprint density at radius 1 is 1.22 bits per heavy atom. The smallest absolute Gasteiger partial charge is 0.220 e. The third-order valence-corrected chi connectivity index (χ3v) is 3.81. The Kier molecular flexibility index (Phi) is 6.75. The average molecular weight is 315 g/mol. The first kappa shape index (κ1) is 17.1. The van der Waals surface area contributed by atoms with Crippen molar-refractivity contribution in [2.24, 2.45) is 5.73 Å². The molecule has 0 aliphatic carbocycles. The van der Waals surface area contributed by atoms with Crippen molar-refractivity contribution >= 4 is 5.91 Å². The highest BCUT2D eigenvalue weighted by atomic mass is 16.1. The maximum atomic E-state index is 12.0. The number of carbonyl (C=O) groups is 1. The molecule has 1 aromatic carbocycles. The van der Waals surface area contributed by atoms with Gasteiger partial charge in [0.25, 0.3) is 0 Å². The lowest BCUT2D eigenvalue weighted by molar-refractivity contribution is -0.121. The van der Waals surface area contributed by atoms with Crippen LogP contribution < -0.4 is 11.1 Å². The minimum atomic E-state index is -0.00339. The van der Waals surface area contributed by atoms with Crippen LogP contribution >= 0.6 is 0 Å². The molecule has 0 saturated carbocycles. The van der Waals surface area contributed by atoms with Gasteiger partial charge in [-0.05, 0) is 44.0 Å². The SMILES string of the molecule is CC(NC(=O)CCCCCCN)c1ccc(-n2cncn2)cc1. The number of benzene rings is 1. The normalized spacial score (nSPS) is 12.1. The largest absolute Gasteiger partial charge is 0.350 e. The monoisotopic (exact) mass is 315 g/mol. The second-order valence-corrected chi connectivity index (χ2v) is 5.67. The molecule has 0 aliphatic heterocycles. The van der Waals surface area contributed by atoms with Gasteiger partial charge in [0.1, 0.15) is 12.7 Å². The molecule has 1 atom stereocenters. The Morgan fingerprint density at radius 2 is 1.96 bits per heavy atom. The van der Waals surface area contributed by atoms with E-state index < -0.39 is 0 Å².